The average molecular weight is 407 g/mol. The van der Waals surface area contributed by atoms with Gasteiger partial charge in [0.1, 0.15) is 0 Å². The smallest absolute Gasteiger partial charge is 0.264 e. The van der Waals surface area contributed by atoms with Gasteiger partial charge in [0.2, 0.25) is 0 Å². The molecule has 29 heavy (non-hydrogen) atoms. The fourth-order valence-electron chi connectivity index (χ4n) is 3.61. The number of hydrogen-bond donors (Lipinski definition) is 2. The molecule has 1 amide bonds. The molecule has 0 radical (unpaired) electrons. The minimum absolute atomic E-state index is 0.269. The van der Waals surface area contributed by atoms with Crippen molar-refractivity contribution in [1.29, 1.82) is 0 Å². The number of halogens is 1. The summed E-state index contributed by atoms with van der Waals surface area (Å²) in [7, 11) is 0. The molecule has 1 unspecified atom stereocenters. The number of carbonyl (C=O) groups is 2. The fraction of sp³-hybridized carbons (Fsp3) is 0.130. The second-order valence-electron chi connectivity index (χ2n) is 7.12. The Hall–Kier alpha value is -3.15. The first-order valence-electron chi connectivity index (χ1n) is 9.15. The van der Waals surface area contributed by atoms with Crippen LogP contribution >= 0.6 is 11.6 Å². The molecule has 0 aromatic heterocycles. The lowest BCUT2D eigenvalue weighted by Gasteiger charge is -2.23. The van der Waals surface area contributed by atoms with Crippen LogP contribution in [0.5, 0.6) is 0 Å². The molecular formula is C23H19ClN2O3. The Morgan fingerprint density at radius 1 is 1.00 bits per heavy atom. The lowest BCUT2D eigenvalue weighted by Crippen LogP contribution is -2.41. The molecule has 3 aromatic rings. The average Bonchev–Trinajstić information content (AvgIpc) is 2.92. The Labute approximate surface area is 173 Å². The first-order chi connectivity index (χ1) is 13.9. The summed E-state index contributed by atoms with van der Waals surface area (Å²) in [6.07, 6.45) is -0.343. The Morgan fingerprint density at radius 3 is 2.34 bits per heavy atom. The lowest BCUT2D eigenvalue weighted by molar-refractivity contribution is -0.136. The van der Waals surface area contributed by atoms with Crippen LogP contribution in [0, 0.1) is 0 Å². The lowest BCUT2D eigenvalue weighted by atomic mass is 9.88. The van der Waals surface area contributed by atoms with Crippen molar-refractivity contribution in [3.8, 4) is 0 Å². The number of para-hydroxylation sites is 1. The highest BCUT2D eigenvalue weighted by Crippen LogP contribution is 2.43. The van der Waals surface area contributed by atoms with Crippen LogP contribution in [0.1, 0.15) is 27.9 Å². The number of amides is 1. The highest BCUT2D eigenvalue weighted by Gasteiger charge is 2.50. The monoisotopic (exact) mass is 406 g/mol. The molecule has 5 nitrogen and oxygen atoms in total. The summed E-state index contributed by atoms with van der Waals surface area (Å²) in [5.74, 6) is -0.846. The number of hydrogen-bond acceptors (Lipinski definition) is 4. The van der Waals surface area contributed by atoms with Crippen LogP contribution < -0.4 is 10.6 Å². The molecule has 4 rings (SSSR count). The highest BCUT2D eigenvalue weighted by atomic mass is 35.5. The van der Waals surface area contributed by atoms with Gasteiger partial charge in [-0.15, -0.1) is 0 Å². The molecule has 0 saturated carbocycles. The number of rotatable bonds is 5. The van der Waals surface area contributed by atoms with Crippen molar-refractivity contribution < 1.29 is 14.7 Å². The van der Waals surface area contributed by atoms with Crippen LogP contribution in [-0.2, 0) is 16.9 Å². The summed E-state index contributed by atoms with van der Waals surface area (Å²) in [5.41, 5.74) is 6.59. The van der Waals surface area contributed by atoms with E-state index in [9.17, 15) is 14.7 Å². The molecule has 0 aliphatic carbocycles. The Bertz CT molecular complexity index is 1080. The molecule has 146 valence electrons. The number of benzene rings is 3. The van der Waals surface area contributed by atoms with E-state index >= 15 is 0 Å². The predicted molar refractivity (Wildman–Crippen MR) is 113 cm³/mol. The van der Waals surface area contributed by atoms with Gasteiger partial charge >= 0.3 is 0 Å². The predicted octanol–water partition coefficient (Wildman–Crippen LogP) is 3.93. The zero-order chi connectivity index (χ0) is 20.6. The first kappa shape index (κ1) is 19.2. The van der Waals surface area contributed by atoms with E-state index in [1.165, 1.54) is 4.90 Å². The van der Waals surface area contributed by atoms with Gasteiger partial charge in [0, 0.05) is 21.8 Å². The van der Waals surface area contributed by atoms with E-state index < -0.39 is 11.5 Å². The van der Waals surface area contributed by atoms with Crippen molar-refractivity contribution in [2.75, 3.05) is 10.6 Å². The summed E-state index contributed by atoms with van der Waals surface area (Å²) in [4.78, 5) is 27.6. The molecule has 1 aliphatic rings. The van der Waals surface area contributed by atoms with Crippen LogP contribution in [0.2, 0.25) is 5.02 Å². The largest absolute Gasteiger partial charge is 0.399 e. The van der Waals surface area contributed by atoms with Crippen molar-refractivity contribution >= 4 is 34.7 Å². The van der Waals surface area contributed by atoms with E-state index in [4.69, 9.17) is 17.3 Å². The summed E-state index contributed by atoms with van der Waals surface area (Å²) in [6.45, 7) is 0.269. The zero-order valence-electron chi connectivity index (χ0n) is 15.5. The number of anilines is 2. The summed E-state index contributed by atoms with van der Waals surface area (Å²) < 4.78 is 0. The Balaban J connectivity index is 1.66. The van der Waals surface area contributed by atoms with Crippen LogP contribution in [0.4, 0.5) is 11.4 Å². The summed E-state index contributed by atoms with van der Waals surface area (Å²) in [5, 5.41) is 11.9. The van der Waals surface area contributed by atoms with Crippen LogP contribution in [0.3, 0.4) is 0 Å². The number of aliphatic hydroxyl groups is 1. The number of nitrogens with zero attached hydrogens (tertiary/aromatic N) is 1. The van der Waals surface area contributed by atoms with Crippen LogP contribution in [0.15, 0.2) is 72.8 Å². The Kier molecular flexibility index (Phi) is 4.86. The maximum absolute atomic E-state index is 13.3. The molecule has 3 N–H and O–H groups in total. The van der Waals surface area contributed by atoms with Crippen LogP contribution in [-0.4, -0.2) is 16.8 Å². The van der Waals surface area contributed by atoms with E-state index in [-0.39, 0.29) is 18.7 Å². The normalized spacial score (nSPS) is 18.0. The molecule has 3 aromatic carbocycles. The molecule has 0 saturated heterocycles. The molecule has 0 spiro atoms. The topological polar surface area (TPSA) is 83.6 Å². The third kappa shape index (κ3) is 3.50. The zero-order valence-corrected chi connectivity index (χ0v) is 16.3. The quantitative estimate of drug-likeness (QED) is 0.496. The van der Waals surface area contributed by atoms with Gasteiger partial charge in [-0.05, 0) is 48.0 Å². The maximum atomic E-state index is 13.3. The third-order valence-corrected chi connectivity index (χ3v) is 5.39. The minimum atomic E-state index is -1.92. The molecular weight excluding hydrogens is 388 g/mol. The van der Waals surface area contributed by atoms with Crippen molar-refractivity contribution in [3.05, 3.63) is 94.5 Å². The number of nitrogen functional groups attached to an aromatic ring is 1. The van der Waals surface area contributed by atoms with Crippen molar-refractivity contribution in [2.45, 2.75) is 18.6 Å². The molecule has 6 heteroatoms. The second-order valence-corrected chi connectivity index (χ2v) is 7.55. The number of fused-ring (bicyclic) bond motifs is 1. The SMILES string of the molecule is Nc1ccc(C(=O)CC2(O)C(=O)N(Cc3ccc(Cl)cc3)c3ccccc32)cc1. The van der Waals surface area contributed by atoms with E-state index in [1.807, 2.05) is 12.1 Å². The van der Waals surface area contributed by atoms with Gasteiger partial charge in [-0.1, -0.05) is 41.9 Å². The van der Waals surface area contributed by atoms with Gasteiger partial charge in [-0.2, -0.15) is 0 Å². The van der Waals surface area contributed by atoms with Crippen molar-refractivity contribution in [3.63, 3.8) is 0 Å². The molecule has 0 fully saturated rings. The van der Waals surface area contributed by atoms with Gasteiger partial charge in [0.05, 0.1) is 18.7 Å². The minimum Gasteiger partial charge on any atom is -0.399 e. The van der Waals surface area contributed by atoms with Crippen molar-refractivity contribution in [1.82, 2.24) is 0 Å². The summed E-state index contributed by atoms with van der Waals surface area (Å²) >= 11 is 5.94. The van der Waals surface area contributed by atoms with E-state index in [2.05, 4.69) is 0 Å². The van der Waals surface area contributed by atoms with Gasteiger partial charge in [-0.25, -0.2) is 0 Å². The van der Waals surface area contributed by atoms with Gasteiger partial charge in [0.25, 0.3) is 5.91 Å². The first-order valence-corrected chi connectivity index (χ1v) is 9.53. The molecule has 1 heterocycles. The van der Waals surface area contributed by atoms with E-state index in [0.717, 1.165) is 5.56 Å². The number of ketones is 1. The molecule has 1 aliphatic heterocycles. The molecule has 1 atom stereocenters. The summed E-state index contributed by atoms with van der Waals surface area (Å²) in [6, 6.07) is 20.6. The second kappa shape index (κ2) is 7.35. The van der Waals surface area contributed by atoms with Gasteiger partial charge in [0.15, 0.2) is 11.4 Å². The number of Topliss-reactive ketones (excluding diaryl/α,β-unsaturated/α-hetero) is 1. The van der Waals surface area contributed by atoms with Crippen molar-refractivity contribution in [2.24, 2.45) is 0 Å². The molecule has 0 bridgehead atoms. The van der Waals surface area contributed by atoms with E-state index in [0.29, 0.717) is 27.5 Å². The van der Waals surface area contributed by atoms with Gasteiger partial charge in [-0.3, -0.25) is 9.59 Å². The highest BCUT2D eigenvalue weighted by molar-refractivity contribution is 6.30. The number of carbonyl (C=O) groups excluding carboxylic acids is 2. The third-order valence-electron chi connectivity index (χ3n) is 5.14. The Morgan fingerprint density at radius 2 is 1.66 bits per heavy atom. The van der Waals surface area contributed by atoms with E-state index in [1.54, 1.807) is 60.7 Å². The van der Waals surface area contributed by atoms with Gasteiger partial charge < -0.3 is 15.7 Å². The standard InChI is InChI=1S/C23H19ClN2O3/c24-17-9-5-15(6-10-17)14-26-20-4-2-1-3-19(20)23(29,22(26)28)13-21(27)16-7-11-18(25)12-8-16/h1-12,29H,13-14,25H2. The van der Waals surface area contributed by atoms with Crippen LogP contribution in [0.25, 0.3) is 0 Å². The fourth-order valence-corrected chi connectivity index (χ4v) is 3.74. The maximum Gasteiger partial charge on any atom is 0.264 e. The number of nitrogens with two attached hydrogens (primary N) is 1.